The third-order valence-corrected chi connectivity index (χ3v) is 5.05. The van der Waals surface area contributed by atoms with Gasteiger partial charge in [-0.2, -0.15) is 11.8 Å². The van der Waals surface area contributed by atoms with E-state index in [2.05, 4.69) is 24.1 Å². The quantitative estimate of drug-likeness (QED) is 0.813. The lowest BCUT2D eigenvalue weighted by Gasteiger charge is -2.39. The molecule has 4 nitrogen and oxygen atoms in total. The molecule has 2 rings (SSSR count). The Morgan fingerprint density at radius 2 is 2.21 bits per heavy atom. The van der Waals surface area contributed by atoms with E-state index in [1.807, 2.05) is 23.9 Å². The first-order valence-electron chi connectivity index (χ1n) is 6.54. The third-order valence-electron chi connectivity index (χ3n) is 3.71. The second-order valence-electron chi connectivity index (χ2n) is 4.86. The second-order valence-corrected chi connectivity index (χ2v) is 6.35. The number of rotatable bonds is 2. The van der Waals surface area contributed by atoms with Gasteiger partial charge in [0.25, 0.3) is 5.91 Å². The van der Waals surface area contributed by atoms with Crippen LogP contribution in [0.5, 0.6) is 0 Å². The first-order valence-corrected chi connectivity index (χ1v) is 7.59. The molecule has 0 radical (unpaired) electrons. The van der Waals surface area contributed by atoms with Crippen molar-refractivity contribution in [1.82, 2.24) is 5.32 Å². The number of nitrogens with one attached hydrogen (secondary N) is 1. The average Bonchev–Trinajstić information content (AvgIpc) is 2.42. The predicted octanol–water partition coefficient (Wildman–Crippen LogP) is 1.96. The number of carbonyl (C=O) groups is 1. The van der Waals surface area contributed by atoms with Crippen LogP contribution in [0.3, 0.4) is 0 Å². The summed E-state index contributed by atoms with van der Waals surface area (Å²) in [6, 6.07) is 5.90. The Labute approximate surface area is 118 Å². The monoisotopic (exact) mass is 279 g/mol. The van der Waals surface area contributed by atoms with Gasteiger partial charge in [0.05, 0.1) is 11.4 Å². The highest BCUT2D eigenvalue weighted by molar-refractivity contribution is 8.00. The van der Waals surface area contributed by atoms with Gasteiger partial charge in [0.2, 0.25) is 0 Å². The maximum atomic E-state index is 11.7. The standard InChI is InChI=1S/C14H21N3OS/c1-9-10(2)19-7-6-17(9)13-8-11(14(18)16-3)4-5-12(13)15/h4-5,8-10H,6-7,15H2,1-3H3,(H,16,18). The fraction of sp³-hybridized carbons (Fsp3) is 0.500. The van der Waals surface area contributed by atoms with Crippen molar-refractivity contribution in [2.75, 3.05) is 30.0 Å². The molecule has 0 bridgehead atoms. The van der Waals surface area contributed by atoms with Crippen molar-refractivity contribution in [3.05, 3.63) is 23.8 Å². The summed E-state index contributed by atoms with van der Waals surface area (Å²) in [5.41, 5.74) is 8.45. The Bertz CT molecular complexity index is 478. The van der Waals surface area contributed by atoms with Gasteiger partial charge in [-0.05, 0) is 25.1 Å². The molecule has 3 N–H and O–H groups in total. The van der Waals surface area contributed by atoms with Gasteiger partial charge in [-0.25, -0.2) is 0 Å². The first kappa shape index (κ1) is 14.1. The number of amides is 1. The van der Waals surface area contributed by atoms with Gasteiger partial charge in [-0.15, -0.1) is 0 Å². The molecule has 0 aliphatic carbocycles. The predicted molar refractivity (Wildman–Crippen MR) is 83.0 cm³/mol. The molecule has 1 saturated heterocycles. The zero-order valence-corrected chi connectivity index (χ0v) is 12.5. The Morgan fingerprint density at radius 1 is 1.47 bits per heavy atom. The molecule has 0 saturated carbocycles. The van der Waals surface area contributed by atoms with Gasteiger partial charge in [-0.3, -0.25) is 4.79 Å². The minimum Gasteiger partial charge on any atom is -0.397 e. The van der Waals surface area contributed by atoms with Crippen LogP contribution < -0.4 is 16.0 Å². The second kappa shape index (κ2) is 5.74. The van der Waals surface area contributed by atoms with E-state index in [9.17, 15) is 4.79 Å². The molecule has 2 unspecified atom stereocenters. The smallest absolute Gasteiger partial charge is 0.251 e. The summed E-state index contributed by atoms with van der Waals surface area (Å²) in [6.07, 6.45) is 0. The number of nitrogens with zero attached hydrogens (tertiary/aromatic N) is 1. The lowest BCUT2D eigenvalue weighted by molar-refractivity contribution is 0.0963. The van der Waals surface area contributed by atoms with E-state index in [1.165, 1.54) is 0 Å². The molecule has 2 atom stereocenters. The van der Waals surface area contributed by atoms with Gasteiger partial charge in [-0.1, -0.05) is 6.92 Å². The van der Waals surface area contributed by atoms with E-state index < -0.39 is 0 Å². The molecule has 1 aliphatic heterocycles. The fourth-order valence-corrected chi connectivity index (χ4v) is 3.45. The van der Waals surface area contributed by atoms with Crippen LogP contribution >= 0.6 is 11.8 Å². The topological polar surface area (TPSA) is 58.4 Å². The molecular formula is C14H21N3OS. The molecule has 1 heterocycles. The SMILES string of the molecule is CNC(=O)c1ccc(N)c(N2CCSC(C)C2C)c1. The Hall–Kier alpha value is -1.36. The maximum absolute atomic E-state index is 11.7. The average molecular weight is 279 g/mol. The van der Waals surface area contributed by atoms with Crippen LogP contribution in [-0.4, -0.2) is 36.5 Å². The summed E-state index contributed by atoms with van der Waals surface area (Å²) in [5.74, 6) is 1.02. The summed E-state index contributed by atoms with van der Waals surface area (Å²) in [7, 11) is 1.64. The Kier molecular flexibility index (Phi) is 4.24. The molecule has 19 heavy (non-hydrogen) atoms. The molecular weight excluding hydrogens is 258 g/mol. The van der Waals surface area contributed by atoms with E-state index in [0.29, 0.717) is 16.9 Å². The minimum atomic E-state index is -0.0756. The van der Waals surface area contributed by atoms with Crippen LogP contribution in [0.15, 0.2) is 18.2 Å². The van der Waals surface area contributed by atoms with Crippen molar-refractivity contribution in [2.24, 2.45) is 0 Å². The van der Waals surface area contributed by atoms with E-state index >= 15 is 0 Å². The lowest BCUT2D eigenvalue weighted by Crippen LogP contribution is -2.45. The number of carbonyl (C=O) groups excluding carboxylic acids is 1. The van der Waals surface area contributed by atoms with Crippen LogP contribution in [0, 0.1) is 0 Å². The Morgan fingerprint density at radius 3 is 2.89 bits per heavy atom. The molecule has 0 spiro atoms. The number of hydrogen-bond donors (Lipinski definition) is 2. The molecule has 1 fully saturated rings. The summed E-state index contributed by atoms with van der Waals surface area (Å²) in [4.78, 5) is 14.0. The highest BCUT2D eigenvalue weighted by Crippen LogP contribution is 2.33. The summed E-state index contributed by atoms with van der Waals surface area (Å²) < 4.78 is 0. The zero-order chi connectivity index (χ0) is 14.0. The van der Waals surface area contributed by atoms with Crippen molar-refractivity contribution >= 4 is 29.0 Å². The van der Waals surface area contributed by atoms with Gasteiger partial charge >= 0.3 is 0 Å². The molecule has 1 aromatic rings. The lowest BCUT2D eigenvalue weighted by atomic mass is 10.1. The van der Waals surface area contributed by atoms with Crippen molar-refractivity contribution in [1.29, 1.82) is 0 Å². The van der Waals surface area contributed by atoms with Crippen LogP contribution in [-0.2, 0) is 0 Å². The van der Waals surface area contributed by atoms with Crippen LogP contribution in [0.1, 0.15) is 24.2 Å². The molecule has 1 aliphatic rings. The largest absolute Gasteiger partial charge is 0.397 e. The maximum Gasteiger partial charge on any atom is 0.251 e. The zero-order valence-electron chi connectivity index (χ0n) is 11.6. The third kappa shape index (κ3) is 2.81. The van der Waals surface area contributed by atoms with Crippen LogP contribution in [0.4, 0.5) is 11.4 Å². The summed E-state index contributed by atoms with van der Waals surface area (Å²) >= 11 is 1.98. The minimum absolute atomic E-state index is 0.0756. The molecule has 1 amide bonds. The number of anilines is 2. The van der Waals surface area contributed by atoms with Gasteiger partial charge in [0.1, 0.15) is 0 Å². The van der Waals surface area contributed by atoms with Crippen LogP contribution in [0.25, 0.3) is 0 Å². The van der Waals surface area contributed by atoms with E-state index in [1.54, 1.807) is 13.1 Å². The number of thioether (sulfide) groups is 1. The van der Waals surface area contributed by atoms with Crippen molar-refractivity contribution in [3.63, 3.8) is 0 Å². The fourth-order valence-electron chi connectivity index (χ4n) is 2.35. The van der Waals surface area contributed by atoms with E-state index in [4.69, 9.17) is 5.73 Å². The highest BCUT2D eigenvalue weighted by atomic mass is 32.2. The number of benzene rings is 1. The normalized spacial score (nSPS) is 23.2. The number of hydrogen-bond acceptors (Lipinski definition) is 4. The molecule has 5 heteroatoms. The number of nitrogens with two attached hydrogens (primary N) is 1. The van der Waals surface area contributed by atoms with Crippen molar-refractivity contribution < 1.29 is 4.79 Å². The van der Waals surface area contributed by atoms with E-state index in [-0.39, 0.29) is 5.91 Å². The van der Waals surface area contributed by atoms with Crippen molar-refractivity contribution in [2.45, 2.75) is 25.1 Å². The summed E-state index contributed by atoms with van der Waals surface area (Å²) in [5, 5.41) is 3.21. The Balaban J connectivity index is 2.35. The summed E-state index contributed by atoms with van der Waals surface area (Å²) in [6.45, 7) is 5.42. The van der Waals surface area contributed by atoms with Crippen molar-refractivity contribution in [3.8, 4) is 0 Å². The highest BCUT2D eigenvalue weighted by Gasteiger charge is 2.26. The molecule has 1 aromatic carbocycles. The van der Waals surface area contributed by atoms with Gasteiger partial charge in [0.15, 0.2) is 0 Å². The number of nitrogen functional groups attached to an aromatic ring is 1. The van der Waals surface area contributed by atoms with E-state index in [0.717, 1.165) is 23.7 Å². The van der Waals surface area contributed by atoms with Gasteiger partial charge in [0, 0.05) is 36.2 Å². The first-order chi connectivity index (χ1) is 9.04. The van der Waals surface area contributed by atoms with Crippen LogP contribution in [0.2, 0.25) is 0 Å². The molecule has 104 valence electrons. The molecule has 0 aromatic heterocycles. The van der Waals surface area contributed by atoms with Gasteiger partial charge < -0.3 is 16.0 Å².